The predicted molar refractivity (Wildman–Crippen MR) is 62.5 cm³/mol. The summed E-state index contributed by atoms with van der Waals surface area (Å²) in [6.07, 6.45) is 3.16. The van der Waals surface area contributed by atoms with Gasteiger partial charge in [-0.05, 0) is 11.8 Å². The van der Waals surface area contributed by atoms with Crippen LogP contribution in [0.2, 0.25) is 0 Å². The second kappa shape index (κ2) is 5.21. The van der Waals surface area contributed by atoms with E-state index in [1.54, 1.807) is 0 Å². The number of nitrogens with two attached hydrogens (primary N) is 1. The molecular formula is C11H19FN4. The fraction of sp³-hybridized carbons (Fsp3) is 0.636. The molecule has 0 saturated carbocycles. The molecule has 1 atom stereocenters. The second-order valence-electron chi connectivity index (χ2n) is 5.13. The molecule has 1 aromatic rings. The van der Waals surface area contributed by atoms with Crippen LogP contribution in [-0.2, 0) is 0 Å². The summed E-state index contributed by atoms with van der Waals surface area (Å²) in [5.74, 6) is -0.0321. The largest absolute Gasteiger partial charge is 0.353 e. The zero-order valence-electron chi connectivity index (χ0n) is 10.00. The molecule has 0 bridgehead atoms. The minimum Gasteiger partial charge on any atom is -0.353 e. The van der Waals surface area contributed by atoms with Crippen molar-refractivity contribution in [3.05, 3.63) is 18.2 Å². The molecule has 0 aromatic carbocycles. The first kappa shape index (κ1) is 12.8. The topological polar surface area (TPSA) is 63.8 Å². The molecule has 1 aromatic heterocycles. The fourth-order valence-electron chi connectivity index (χ4n) is 1.48. The van der Waals surface area contributed by atoms with Crippen LogP contribution in [0.3, 0.4) is 0 Å². The van der Waals surface area contributed by atoms with Crippen molar-refractivity contribution in [1.29, 1.82) is 0 Å². The molecule has 90 valence electrons. The molecular weight excluding hydrogens is 207 g/mol. The molecule has 0 aliphatic carbocycles. The van der Waals surface area contributed by atoms with Crippen molar-refractivity contribution >= 4 is 5.95 Å². The van der Waals surface area contributed by atoms with E-state index in [2.05, 4.69) is 36.1 Å². The number of rotatable bonds is 4. The van der Waals surface area contributed by atoms with E-state index in [1.165, 1.54) is 0 Å². The van der Waals surface area contributed by atoms with Crippen LogP contribution in [0.4, 0.5) is 10.3 Å². The summed E-state index contributed by atoms with van der Waals surface area (Å²) in [6.45, 7) is 7.01. The van der Waals surface area contributed by atoms with Gasteiger partial charge < -0.3 is 11.1 Å². The summed E-state index contributed by atoms with van der Waals surface area (Å²) in [5.41, 5.74) is 6.14. The minimum absolute atomic E-state index is 0.0358. The van der Waals surface area contributed by atoms with E-state index in [9.17, 15) is 4.39 Å². The second-order valence-corrected chi connectivity index (χ2v) is 5.13. The Morgan fingerprint density at radius 1 is 1.38 bits per heavy atom. The molecule has 1 heterocycles. The van der Waals surface area contributed by atoms with E-state index in [0.29, 0.717) is 12.5 Å². The first-order valence-corrected chi connectivity index (χ1v) is 5.34. The van der Waals surface area contributed by atoms with Crippen molar-refractivity contribution in [1.82, 2.24) is 9.97 Å². The Kier molecular flexibility index (Phi) is 4.18. The van der Waals surface area contributed by atoms with Crippen molar-refractivity contribution in [2.45, 2.75) is 33.2 Å². The summed E-state index contributed by atoms with van der Waals surface area (Å²) >= 11 is 0. The van der Waals surface area contributed by atoms with Gasteiger partial charge in [0, 0.05) is 12.6 Å². The van der Waals surface area contributed by atoms with Crippen molar-refractivity contribution in [3.8, 4) is 0 Å². The van der Waals surface area contributed by atoms with Crippen LogP contribution in [0.25, 0.3) is 0 Å². The van der Waals surface area contributed by atoms with Crippen LogP contribution >= 0.6 is 0 Å². The van der Waals surface area contributed by atoms with Gasteiger partial charge in [-0.15, -0.1) is 0 Å². The molecule has 0 radical (unpaired) electrons. The Morgan fingerprint density at radius 3 is 2.44 bits per heavy atom. The van der Waals surface area contributed by atoms with Gasteiger partial charge in [0.05, 0.1) is 12.4 Å². The van der Waals surface area contributed by atoms with Gasteiger partial charge in [-0.1, -0.05) is 20.8 Å². The highest BCUT2D eigenvalue weighted by molar-refractivity contribution is 5.22. The molecule has 3 N–H and O–H groups in total. The lowest BCUT2D eigenvalue weighted by atomic mass is 9.88. The molecule has 0 amide bonds. The van der Waals surface area contributed by atoms with Crippen molar-refractivity contribution in [2.24, 2.45) is 11.1 Å². The minimum atomic E-state index is -0.440. The Hall–Kier alpha value is -1.23. The molecule has 0 spiro atoms. The third-order valence-corrected chi connectivity index (χ3v) is 2.02. The SMILES string of the molecule is CC(C)(C)CC(N)CNc1ncc(F)cn1. The highest BCUT2D eigenvalue weighted by Crippen LogP contribution is 2.19. The van der Waals surface area contributed by atoms with E-state index in [-0.39, 0.29) is 11.5 Å². The molecule has 16 heavy (non-hydrogen) atoms. The number of nitrogens with zero attached hydrogens (tertiary/aromatic N) is 2. The summed E-state index contributed by atoms with van der Waals surface area (Å²) < 4.78 is 12.5. The van der Waals surface area contributed by atoms with Gasteiger partial charge in [0.2, 0.25) is 5.95 Å². The average molecular weight is 226 g/mol. The summed E-state index contributed by atoms with van der Waals surface area (Å²) in [4.78, 5) is 7.59. The van der Waals surface area contributed by atoms with Crippen molar-refractivity contribution in [2.75, 3.05) is 11.9 Å². The number of hydrogen-bond donors (Lipinski definition) is 2. The zero-order chi connectivity index (χ0) is 12.2. The van der Waals surface area contributed by atoms with Crippen LogP contribution in [0.5, 0.6) is 0 Å². The van der Waals surface area contributed by atoms with E-state index in [4.69, 9.17) is 5.73 Å². The van der Waals surface area contributed by atoms with Crippen LogP contribution in [0.1, 0.15) is 27.2 Å². The van der Waals surface area contributed by atoms with Crippen LogP contribution < -0.4 is 11.1 Å². The summed E-state index contributed by atoms with van der Waals surface area (Å²) in [6, 6.07) is 0.0358. The first-order chi connectivity index (χ1) is 7.37. The lowest BCUT2D eigenvalue weighted by molar-refractivity contribution is 0.344. The maximum absolute atomic E-state index is 12.5. The fourth-order valence-corrected chi connectivity index (χ4v) is 1.48. The van der Waals surface area contributed by atoms with Crippen molar-refractivity contribution in [3.63, 3.8) is 0 Å². The van der Waals surface area contributed by atoms with Gasteiger partial charge >= 0.3 is 0 Å². The van der Waals surface area contributed by atoms with E-state index < -0.39 is 5.82 Å². The van der Waals surface area contributed by atoms with E-state index in [1.807, 2.05) is 0 Å². The number of aromatic nitrogens is 2. The lowest BCUT2D eigenvalue weighted by Crippen LogP contribution is -2.33. The first-order valence-electron chi connectivity index (χ1n) is 5.34. The van der Waals surface area contributed by atoms with Gasteiger partial charge in [0.25, 0.3) is 0 Å². The number of hydrogen-bond acceptors (Lipinski definition) is 4. The molecule has 0 aliphatic heterocycles. The van der Waals surface area contributed by atoms with Crippen LogP contribution in [-0.4, -0.2) is 22.6 Å². The summed E-state index contributed by atoms with van der Waals surface area (Å²) in [7, 11) is 0. The molecule has 4 nitrogen and oxygen atoms in total. The van der Waals surface area contributed by atoms with E-state index >= 15 is 0 Å². The van der Waals surface area contributed by atoms with E-state index in [0.717, 1.165) is 18.8 Å². The monoisotopic (exact) mass is 226 g/mol. The van der Waals surface area contributed by atoms with Gasteiger partial charge in [0.1, 0.15) is 0 Å². The zero-order valence-corrected chi connectivity index (χ0v) is 10.00. The molecule has 1 unspecified atom stereocenters. The predicted octanol–water partition coefficient (Wildman–Crippen LogP) is 1.79. The number of nitrogens with one attached hydrogen (secondary N) is 1. The molecule has 0 fully saturated rings. The van der Waals surface area contributed by atoms with Gasteiger partial charge in [0.15, 0.2) is 5.82 Å². The highest BCUT2D eigenvalue weighted by Gasteiger charge is 2.15. The number of halogens is 1. The highest BCUT2D eigenvalue weighted by atomic mass is 19.1. The third-order valence-electron chi connectivity index (χ3n) is 2.02. The Bertz CT molecular complexity index is 318. The van der Waals surface area contributed by atoms with Crippen LogP contribution in [0, 0.1) is 11.2 Å². The molecule has 1 rings (SSSR count). The van der Waals surface area contributed by atoms with Gasteiger partial charge in [-0.25, -0.2) is 14.4 Å². The molecule has 5 heteroatoms. The Labute approximate surface area is 95.5 Å². The normalized spacial score (nSPS) is 13.6. The van der Waals surface area contributed by atoms with Crippen LogP contribution in [0.15, 0.2) is 12.4 Å². The summed E-state index contributed by atoms with van der Waals surface area (Å²) in [5, 5.41) is 2.98. The maximum atomic E-state index is 12.5. The van der Waals surface area contributed by atoms with Gasteiger partial charge in [-0.2, -0.15) is 0 Å². The maximum Gasteiger partial charge on any atom is 0.222 e. The Balaban J connectivity index is 2.37. The quantitative estimate of drug-likeness (QED) is 0.821. The standard InChI is InChI=1S/C11H19FN4/c1-11(2,3)4-9(13)7-16-10-14-5-8(12)6-15-10/h5-6,9H,4,7,13H2,1-3H3,(H,14,15,16). The molecule has 0 saturated heterocycles. The average Bonchev–Trinajstić information content (AvgIpc) is 2.14. The number of anilines is 1. The third kappa shape index (κ3) is 5.02. The Morgan fingerprint density at radius 2 is 1.94 bits per heavy atom. The van der Waals surface area contributed by atoms with Gasteiger partial charge in [-0.3, -0.25) is 0 Å². The van der Waals surface area contributed by atoms with Crippen molar-refractivity contribution < 1.29 is 4.39 Å². The lowest BCUT2D eigenvalue weighted by Gasteiger charge is -2.23. The molecule has 0 aliphatic rings. The smallest absolute Gasteiger partial charge is 0.222 e.